The highest BCUT2D eigenvalue weighted by Crippen LogP contribution is 2.25. The van der Waals surface area contributed by atoms with Crippen LogP contribution >= 0.6 is 0 Å². The summed E-state index contributed by atoms with van der Waals surface area (Å²) in [4.78, 5) is 12.2. The van der Waals surface area contributed by atoms with Gasteiger partial charge in [0.05, 0.1) is 12.7 Å². The van der Waals surface area contributed by atoms with Gasteiger partial charge in [0.25, 0.3) is 5.91 Å². The Kier molecular flexibility index (Phi) is 3.43. The van der Waals surface area contributed by atoms with E-state index in [1.165, 1.54) is 0 Å². The zero-order chi connectivity index (χ0) is 14.8. The molecule has 2 heterocycles. The van der Waals surface area contributed by atoms with Gasteiger partial charge in [-0.2, -0.15) is 0 Å². The van der Waals surface area contributed by atoms with Crippen molar-refractivity contribution in [2.45, 2.75) is 20.4 Å². The summed E-state index contributed by atoms with van der Waals surface area (Å²) in [6.07, 6.45) is 3.36. The fourth-order valence-corrected chi connectivity index (χ4v) is 2.27. The van der Waals surface area contributed by atoms with Gasteiger partial charge in [-0.3, -0.25) is 9.48 Å². The highest BCUT2D eigenvalue weighted by molar-refractivity contribution is 5.98. The van der Waals surface area contributed by atoms with Crippen molar-refractivity contribution >= 4 is 16.9 Å². The van der Waals surface area contributed by atoms with E-state index >= 15 is 0 Å². The number of benzene rings is 1. The Hall–Kier alpha value is -2.63. The van der Waals surface area contributed by atoms with Gasteiger partial charge in [0, 0.05) is 23.7 Å². The second-order valence-corrected chi connectivity index (χ2v) is 4.98. The van der Waals surface area contributed by atoms with Crippen molar-refractivity contribution in [1.29, 1.82) is 0 Å². The predicted molar refractivity (Wildman–Crippen MR) is 78.0 cm³/mol. The minimum absolute atomic E-state index is 0.207. The third kappa shape index (κ3) is 2.65. The summed E-state index contributed by atoms with van der Waals surface area (Å²) >= 11 is 0. The van der Waals surface area contributed by atoms with E-state index in [4.69, 9.17) is 4.42 Å². The van der Waals surface area contributed by atoms with E-state index < -0.39 is 0 Å². The molecule has 0 saturated carbocycles. The van der Waals surface area contributed by atoms with Crippen LogP contribution in [0.1, 0.15) is 21.7 Å². The number of hydrogen-bond acceptors (Lipinski definition) is 4. The second-order valence-electron chi connectivity index (χ2n) is 4.98. The quantitative estimate of drug-likeness (QED) is 0.796. The Morgan fingerprint density at radius 2 is 2.24 bits per heavy atom. The Labute approximate surface area is 121 Å². The van der Waals surface area contributed by atoms with Gasteiger partial charge in [-0.25, -0.2) is 0 Å². The number of nitrogens with zero attached hydrogens (tertiary/aromatic N) is 3. The lowest BCUT2D eigenvalue weighted by molar-refractivity contribution is 0.0925. The van der Waals surface area contributed by atoms with Crippen molar-refractivity contribution in [3.63, 3.8) is 0 Å². The van der Waals surface area contributed by atoms with Crippen LogP contribution in [0, 0.1) is 13.8 Å². The molecule has 0 atom stereocenters. The molecular weight excluding hydrogens is 268 g/mol. The average molecular weight is 284 g/mol. The van der Waals surface area contributed by atoms with E-state index in [1.807, 2.05) is 32.0 Å². The molecular formula is C15H16N4O2. The molecule has 0 unspecified atom stereocenters. The van der Waals surface area contributed by atoms with Crippen LogP contribution in [-0.2, 0) is 6.54 Å². The van der Waals surface area contributed by atoms with E-state index in [0.29, 0.717) is 18.8 Å². The summed E-state index contributed by atoms with van der Waals surface area (Å²) in [5, 5.41) is 11.4. The molecule has 21 heavy (non-hydrogen) atoms. The number of hydrogen-bond donors (Lipinski definition) is 1. The Bertz CT molecular complexity index is 774. The smallest absolute Gasteiger partial charge is 0.287 e. The van der Waals surface area contributed by atoms with Gasteiger partial charge in [0.1, 0.15) is 5.58 Å². The molecule has 6 heteroatoms. The SMILES string of the molecule is Cc1ccc2c(C)c(C(=O)NCCn3ccnn3)oc2c1. The van der Waals surface area contributed by atoms with Crippen LogP contribution in [0.2, 0.25) is 0 Å². The van der Waals surface area contributed by atoms with Crippen LogP contribution in [0.5, 0.6) is 0 Å². The van der Waals surface area contributed by atoms with E-state index in [9.17, 15) is 4.79 Å². The summed E-state index contributed by atoms with van der Waals surface area (Å²) in [5.41, 5.74) is 2.71. The highest BCUT2D eigenvalue weighted by atomic mass is 16.3. The monoisotopic (exact) mass is 284 g/mol. The molecule has 1 aromatic carbocycles. The molecule has 0 spiro atoms. The fourth-order valence-electron chi connectivity index (χ4n) is 2.27. The lowest BCUT2D eigenvalue weighted by Gasteiger charge is -2.03. The first-order chi connectivity index (χ1) is 10.1. The number of carbonyl (C=O) groups excluding carboxylic acids is 1. The van der Waals surface area contributed by atoms with Gasteiger partial charge in [-0.05, 0) is 25.5 Å². The van der Waals surface area contributed by atoms with Crippen molar-refractivity contribution in [2.24, 2.45) is 0 Å². The van der Waals surface area contributed by atoms with Crippen molar-refractivity contribution in [3.05, 3.63) is 47.5 Å². The lowest BCUT2D eigenvalue weighted by atomic mass is 10.1. The maximum atomic E-state index is 12.2. The normalized spacial score (nSPS) is 11.0. The van der Waals surface area contributed by atoms with Crippen molar-refractivity contribution in [1.82, 2.24) is 20.3 Å². The first kappa shape index (κ1) is 13.4. The first-order valence-electron chi connectivity index (χ1n) is 6.77. The molecule has 1 N–H and O–H groups in total. The predicted octanol–water partition coefficient (Wildman–Crippen LogP) is 2.07. The van der Waals surface area contributed by atoms with Crippen LogP contribution in [0.25, 0.3) is 11.0 Å². The third-order valence-corrected chi connectivity index (χ3v) is 3.40. The van der Waals surface area contributed by atoms with E-state index in [-0.39, 0.29) is 5.91 Å². The zero-order valence-electron chi connectivity index (χ0n) is 12.0. The Balaban J connectivity index is 1.73. The average Bonchev–Trinajstić information content (AvgIpc) is 3.07. The fraction of sp³-hybridized carbons (Fsp3) is 0.267. The number of aryl methyl sites for hydroxylation is 2. The van der Waals surface area contributed by atoms with E-state index in [2.05, 4.69) is 15.6 Å². The molecule has 6 nitrogen and oxygen atoms in total. The number of nitrogens with one attached hydrogen (secondary N) is 1. The molecule has 0 aliphatic rings. The molecule has 0 radical (unpaired) electrons. The van der Waals surface area contributed by atoms with Gasteiger partial charge in [0.15, 0.2) is 5.76 Å². The van der Waals surface area contributed by atoms with Crippen LogP contribution < -0.4 is 5.32 Å². The van der Waals surface area contributed by atoms with Crippen LogP contribution in [0.3, 0.4) is 0 Å². The second kappa shape index (κ2) is 5.40. The number of carbonyl (C=O) groups is 1. The van der Waals surface area contributed by atoms with Crippen LogP contribution in [0.4, 0.5) is 0 Å². The molecule has 3 rings (SSSR count). The molecule has 108 valence electrons. The van der Waals surface area contributed by atoms with Gasteiger partial charge < -0.3 is 9.73 Å². The van der Waals surface area contributed by atoms with Gasteiger partial charge in [-0.15, -0.1) is 5.10 Å². The highest BCUT2D eigenvalue weighted by Gasteiger charge is 2.17. The number of aromatic nitrogens is 3. The van der Waals surface area contributed by atoms with E-state index in [1.54, 1.807) is 17.1 Å². The summed E-state index contributed by atoms with van der Waals surface area (Å²) < 4.78 is 7.34. The third-order valence-electron chi connectivity index (χ3n) is 3.40. The lowest BCUT2D eigenvalue weighted by Crippen LogP contribution is -2.27. The van der Waals surface area contributed by atoms with Crippen molar-refractivity contribution in [3.8, 4) is 0 Å². The zero-order valence-corrected chi connectivity index (χ0v) is 12.0. The number of furan rings is 1. The van der Waals surface area contributed by atoms with Crippen molar-refractivity contribution in [2.75, 3.05) is 6.54 Å². The Morgan fingerprint density at radius 3 is 3.00 bits per heavy atom. The Morgan fingerprint density at radius 1 is 1.38 bits per heavy atom. The summed E-state index contributed by atoms with van der Waals surface area (Å²) in [7, 11) is 0. The van der Waals surface area contributed by atoms with Gasteiger partial charge >= 0.3 is 0 Å². The number of rotatable bonds is 4. The van der Waals surface area contributed by atoms with Crippen LogP contribution in [0.15, 0.2) is 35.0 Å². The molecule has 1 amide bonds. The van der Waals surface area contributed by atoms with Crippen molar-refractivity contribution < 1.29 is 9.21 Å². The maximum absolute atomic E-state index is 12.2. The molecule has 0 fully saturated rings. The number of fused-ring (bicyclic) bond motifs is 1. The van der Waals surface area contributed by atoms with E-state index in [0.717, 1.165) is 22.1 Å². The van der Waals surface area contributed by atoms with Gasteiger partial charge in [-0.1, -0.05) is 17.3 Å². The molecule has 0 aliphatic carbocycles. The standard InChI is InChI=1S/C15H16N4O2/c1-10-3-4-12-11(2)14(21-13(12)9-10)15(20)16-5-7-19-8-6-17-18-19/h3-4,6,8-9H,5,7H2,1-2H3,(H,16,20). The van der Waals surface area contributed by atoms with Gasteiger partial charge in [0.2, 0.25) is 0 Å². The molecule has 0 aliphatic heterocycles. The molecule has 3 aromatic rings. The number of amides is 1. The topological polar surface area (TPSA) is 73.0 Å². The molecule has 0 saturated heterocycles. The largest absolute Gasteiger partial charge is 0.451 e. The minimum atomic E-state index is -0.207. The first-order valence-corrected chi connectivity index (χ1v) is 6.77. The minimum Gasteiger partial charge on any atom is -0.451 e. The summed E-state index contributed by atoms with van der Waals surface area (Å²) in [6, 6.07) is 5.93. The maximum Gasteiger partial charge on any atom is 0.287 e. The summed E-state index contributed by atoms with van der Waals surface area (Å²) in [6.45, 7) is 4.94. The molecule has 0 bridgehead atoms. The summed E-state index contributed by atoms with van der Waals surface area (Å²) in [5.74, 6) is 0.163. The molecule has 2 aromatic heterocycles. The van der Waals surface area contributed by atoms with Crippen LogP contribution in [-0.4, -0.2) is 27.4 Å².